The van der Waals surface area contributed by atoms with Crippen molar-refractivity contribution in [1.29, 1.82) is 0 Å². The van der Waals surface area contributed by atoms with Crippen LogP contribution in [0.15, 0.2) is 0 Å². The number of hydrogen-bond donors (Lipinski definition) is 1. The Hall–Kier alpha value is -0.890. The van der Waals surface area contributed by atoms with Crippen molar-refractivity contribution in [3.63, 3.8) is 0 Å². The molecule has 3 rings (SSSR count). The molecule has 0 aromatic carbocycles. The fourth-order valence-corrected chi connectivity index (χ4v) is 3.99. The van der Waals surface area contributed by atoms with Gasteiger partial charge in [0.05, 0.1) is 25.9 Å². The molecule has 0 saturated carbocycles. The molecule has 7 heteroatoms. The number of rotatable bonds is 3. The molecule has 132 valence electrons. The number of hydrogen-bond acceptors (Lipinski definition) is 6. The van der Waals surface area contributed by atoms with Crippen LogP contribution in [0.1, 0.15) is 19.8 Å². The van der Waals surface area contributed by atoms with Crippen molar-refractivity contribution < 1.29 is 19.4 Å². The monoisotopic (exact) mass is 327 g/mol. The smallest absolute Gasteiger partial charge is 0.409 e. The number of morpholine rings is 1. The van der Waals surface area contributed by atoms with Gasteiger partial charge in [-0.1, -0.05) is 0 Å². The second kappa shape index (κ2) is 7.79. The van der Waals surface area contributed by atoms with Gasteiger partial charge in [-0.2, -0.15) is 0 Å². The highest BCUT2D eigenvalue weighted by molar-refractivity contribution is 5.67. The third-order valence-electron chi connectivity index (χ3n) is 5.31. The highest BCUT2D eigenvalue weighted by Crippen LogP contribution is 2.25. The summed E-state index contributed by atoms with van der Waals surface area (Å²) in [6, 6.07) is 0.684. The zero-order valence-corrected chi connectivity index (χ0v) is 14.0. The van der Waals surface area contributed by atoms with E-state index in [-0.39, 0.29) is 18.2 Å². The van der Waals surface area contributed by atoms with Gasteiger partial charge in [0.25, 0.3) is 0 Å². The number of aliphatic hydroxyl groups is 1. The Bertz CT molecular complexity index is 395. The predicted molar refractivity (Wildman–Crippen MR) is 85.4 cm³/mol. The maximum absolute atomic E-state index is 11.8. The lowest BCUT2D eigenvalue weighted by molar-refractivity contribution is -0.00635. The van der Waals surface area contributed by atoms with Gasteiger partial charge in [-0.25, -0.2) is 4.79 Å². The van der Waals surface area contributed by atoms with Crippen LogP contribution in [-0.2, 0) is 9.47 Å². The van der Waals surface area contributed by atoms with E-state index in [0.29, 0.717) is 12.6 Å². The van der Waals surface area contributed by atoms with E-state index in [4.69, 9.17) is 9.47 Å². The molecule has 0 bridgehead atoms. The molecule has 0 spiro atoms. The van der Waals surface area contributed by atoms with Crippen LogP contribution in [0, 0.1) is 0 Å². The SMILES string of the molecule is CCOC(=O)N1CCC(N2C[C@H](O)[C@@H](N3CCOCC3)C2)CC1. The van der Waals surface area contributed by atoms with Crippen molar-refractivity contribution in [3.8, 4) is 0 Å². The van der Waals surface area contributed by atoms with Gasteiger partial charge in [0.2, 0.25) is 0 Å². The van der Waals surface area contributed by atoms with Gasteiger partial charge >= 0.3 is 6.09 Å². The number of carbonyl (C=O) groups excluding carboxylic acids is 1. The average molecular weight is 327 g/mol. The van der Waals surface area contributed by atoms with Gasteiger partial charge in [0.1, 0.15) is 0 Å². The van der Waals surface area contributed by atoms with Gasteiger partial charge in [0, 0.05) is 51.4 Å². The minimum Gasteiger partial charge on any atom is -0.450 e. The van der Waals surface area contributed by atoms with E-state index in [1.807, 2.05) is 6.92 Å². The third kappa shape index (κ3) is 3.96. The van der Waals surface area contributed by atoms with E-state index in [1.54, 1.807) is 4.90 Å². The molecule has 0 aromatic heterocycles. The number of amides is 1. The molecule has 3 heterocycles. The van der Waals surface area contributed by atoms with Crippen LogP contribution in [0.25, 0.3) is 0 Å². The van der Waals surface area contributed by atoms with Gasteiger partial charge in [-0.3, -0.25) is 9.80 Å². The predicted octanol–water partition coefficient (Wildman–Crippen LogP) is -0.0154. The Kier molecular flexibility index (Phi) is 5.74. The Morgan fingerprint density at radius 2 is 1.83 bits per heavy atom. The molecule has 23 heavy (non-hydrogen) atoms. The molecule has 3 fully saturated rings. The molecule has 3 aliphatic heterocycles. The minimum atomic E-state index is -0.281. The standard InChI is InChI=1S/C16H29N3O4/c1-2-23-16(21)18-5-3-13(4-6-18)19-11-14(15(20)12-19)17-7-9-22-10-8-17/h13-15,20H,2-12H2,1H3/t14-,15-/m0/s1. The summed E-state index contributed by atoms with van der Waals surface area (Å²) in [4.78, 5) is 18.3. The quantitative estimate of drug-likeness (QED) is 0.786. The number of nitrogens with zero attached hydrogens (tertiary/aromatic N) is 3. The number of aliphatic hydroxyl groups excluding tert-OH is 1. The summed E-state index contributed by atoms with van der Waals surface area (Å²) in [6.45, 7) is 8.78. The molecule has 3 saturated heterocycles. The van der Waals surface area contributed by atoms with Crippen LogP contribution in [0.3, 0.4) is 0 Å². The zero-order valence-electron chi connectivity index (χ0n) is 14.0. The van der Waals surface area contributed by atoms with Crippen molar-refractivity contribution in [3.05, 3.63) is 0 Å². The lowest BCUT2D eigenvalue weighted by Gasteiger charge is -2.37. The molecule has 0 unspecified atom stereocenters. The highest BCUT2D eigenvalue weighted by Gasteiger charge is 2.39. The fraction of sp³-hybridized carbons (Fsp3) is 0.938. The second-order valence-electron chi connectivity index (χ2n) is 6.65. The number of carbonyl (C=O) groups is 1. The van der Waals surface area contributed by atoms with E-state index >= 15 is 0 Å². The Morgan fingerprint density at radius 3 is 2.48 bits per heavy atom. The molecule has 7 nitrogen and oxygen atoms in total. The van der Waals surface area contributed by atoms with Crippen molar-refractivity contribution >= 4 is 6.09 Å². The van der Waals surface area contributed by atoms with E-state index in [1.165, 1.54) is 0 Å². The van der Waals surface area contributed by atoms with Crippen LogP contribution in [0.2, 0.25) is 0 Å². The third-order valence-corrected chi connectivity index (χ3v) is 5.31. The first-order valence-electron chi connectivity index (χ1n) is 8.84. The fourth-order valence-electron chi connectivity index (χ4n) is 3.99. The molecular formula is C16H29N3O4. The zero-order chi connectivity index (χ0) is 16.2. The first-order chi connectivity index (χ1) is 11.2. The lowest BCUT2D eigenvalue weighted by Crippen LogP contribution is -2.49. The molecular weight excluding hydrogens is 298 g/mol. The van der Waals surface area contributed by atoms with Crippen molar-refractivity contribution in [2.24, 2.45) is 0 Å². The minimum absolute atomic E-state index is 0.196. The van der Waals surface area contributed by atoms with Crippen LogP contribution < -0.4 is 0 Å². The van der Waals surface area contributed by atoms with Gasteiger partial charge < -0.3 is 19.5 Å². The topological polar surface area (TPSA) is 65.5 Å². The van der Waals surface area contributed by atoms with E-state index < -0.39 is 0 Å². The van der Waals surface area contributed by atoms with Crippen LogP contribution >= 0.6 is 0 Å². The summed E-state index contributed by atoms with van der Waals surface area (Å²) in [6.07, 6.45) is 1.44. The van der Waals surface area contributed by atoms with Crippen molar-refractivity contribution in [2.45, 2.75) is 38.0 Å². The van der Waals surface area contributed by atoms with E-state index in [0.717, 1.165) is 65.3 Å². The van der Waals surface area contributed by atoms with Crippen molar-refractivity contribution in [2.75, 3.05) is 59.1 Å². The average Bonchev–Trinajstić information content (AvgIpc) is 2.98. The van der Waals surface area contributed by atoms with E-state index in [2.05, 4.69) is 9.80 Å². The molecule has 3 aliphatic rings. The van der Waals surface area contributed by atoms with Crippen LogP contribution in [0.5, 0.6) is 0 Å². The number of β-amino-alcohol motifs (C(OH)–C–C–N with tert-alkyl or cyclic N) is 1. The molecule has 0 aliphatic carbocycles. The summed E-state index contributed by atoms with van der Waals surface area (Å²) in [5.41, 5.74) is 0. The Morgan fingerprint density at radius 1 is 1.13 bits per heavy atom. The summed E-state index contributed by atoms with van der Waals surface area (Å²) in [5.74, 6) is 0. The maximum atomic E-state index is 11.8. The summed E-state index contributed by atoms with van der Waals surface area (Å²) >= 11 is 0. The molecule has 1 amide bonds. The van der Waals surface area contributed by atoms with Gasteiger partial charge in [0.15, 0.2) is 0 Å². The highest BCUT2D eigenvalue weighted by atomic mass is 16.6. The number of likely N-dealkylation sites (tertiary alicyclic amines) is 2. The second-order valence-corrected chi connectivity index (χ2v) is 6.65. The lowest BCUT2D eigenvalue weighted by atomic mass is 10.0. The normalized spacial score (nSPS) is 31.5. The maximum Gasteiger partial charge on any atom is 0.409 e. The first kappa shape index (κ1) is 17.0. The molecule has 0 aromatic rings. The largest absolute Gasteiger partial charge is 0.450 e. The van der Waals surface area contributed by atoms with Gasteiger partial charge in [-0.15, -0.1) is 0 Å². The Labute approximate surface area is 138 Å². The summed E-state index contributed by atoms with van der Waals surface area (Å²) in [7, 11) is 0. The molecule has 1 N–H and O–H groups in total. The number of piperidine rings is 1. The Balaban J connectivity index is 1.48. The molecule has 0 radical (unpaired) electrons. The first-order valence-corrected chi connectivity index (χ1v) is 8.84. The van der Waals surface area contributed by atoms with Crippen LogP contribution in [0.4, 0.5) is 4.79 Å². The van der Waals surface area contributed by atoms with Gasteiger partial charge in [-0.05, 0) is 19.8 Å². The summed E-state index contributed by atoms with van der Waals surface area (Å²) < 4.78 is 10.5. The van der Waals surface area contributed by atoms with Crippen molar-refractivity contribution in [1.82, 2.24) is 14.7 Å². The van der Waals surface area contributed by atoms with Crippen LogP contribution in [-0.4, -0.2) is 103 Å². The van der Waals surface area contributed by atoms with E-state index in [9.17, 15) is 9.90 Å². The number of ether oxygens (including phenoxy) is 2. The molecule has 2 atom stereocenters. The summed E-state index contributed by atoms with van der Waals surface area (Å²) in [5, 5.41) is 10.4.